The standard InChI is InChI=1S/C22H20BrNO2.C13H12BrNO.C7H7NO.C4H8O/c1-16-7-9-17(10-8-16)13-22(25)24-20-14-19(23)11-12-21(20)26-15-18-5-3-2-4-6-18;14-11-6-7-13(12(15)8-11)16-9-10-4-2-1-3-5-10;1-6-2-4-7(8-9)5-3-6;1-2-4-5-3-1/h2-12,14H,13,15H2,1H3,(H,24,25);1-8H,9,15H2;2-5H,1H3;1-4H2. The lowest BCUT2D eigenvalue weighted by molar-refractivity contribution is -0.115. The quantitative estimate of drug-likeness (QED) is 0.105. The van der Waals surface area contributed by atoms with E-state index in [0.717, 1.165) is 44.4 Å². The lowest BCUT2D eigenvalue weighted by Crippen LogP contribution is -2.15. The Morgan fingerprint density at radius 2 is 1.16 bits per heavy atom. The van der Waals surface area contributed by atoms with E-state index < -0.39 is 0 Å². The molecule has 0 saturated carbocycles. The van der Waals surface area contributed by atoms with Gasteiger partial charge in [-0.15, -0.1) is 4.91 Å². The van der Waals surface area contributed by atoms with Crippen LogP contribution >= 0.6 is 31.9 Å². The van der Waals surface area contributed by atoms with E-state index >= 15 is 0 Å². The minimum Gasteiger partial charge on any atom is -0.487 e. The van der Waals surface area contributed by atoms with Crippen LogP contribution in [0.25, 0.3) is 0 Å². The van der Waals surface area contributed by atoms with Gasteiger partial charge < -0.3 is 25.3 Å². The van der Waals surface area contributed by atoms with E-state index in [1.165, 1.54) is 18.4 Å². The highest BCUT2D eigenvalue weighted by Gasteiger charge is 2.10. The first-order valence-corrected chi connectivity index (χ1v) is 19.8. The number of nitrogens with one attached hydrogen (secondary N) is 1. The lowest BCUT2D eigenvalue weighted by atomic mass is 10.1. The van der Waals surface area contributed by atoms with Crippen LogP contribution in [-0.4, -0.2) is 19.1 Å². The molecular formula is C46H47Br2N3O5. The lowest BCUT2D eigenvalue weighted by Gasteiger charge is -2.13. The van der Waals surface area contributed by atoms with Gasteiger partial charge in [0, 0.05) is 22.2 Å². The molecule has 7 rings (SSSR count). The number of hydrogen-bond acceptors (Lipinski definition) is 7. The summed E-state index contributed by atoms with van der Waals surface area (Å²) < 4.78 is 18.3. The maximum atomic E-state index is 12.4. The van der Waals surface area contributed by atoms with Crippen molar-refractivity contribution in [1.29, 1.82) is 0 Å². The fraction of sp³-hybridized carbons (Fsp3) is 0.196. The smallest absolute Gasteiger partial charge is 0.228 e. The minimum absolute atomic E-state index is 0.0727. The SMILES string of the molecule is C1CCOC1.Cc1ccc(CC(=O)Nc2cc(Br)ccc2OCc2ccccc2)cc1.Cc1ccc(N=O)cc1.Nc1cc(Br)ccc1OCc1ccccc1. The van der Waals surface area contributed by atoms with Gasteiger partial charge in [0.2, 0.25) is 5.91 Å². The molecule has 1 saturated heterocycles. The molecule has 1 aliphatic heterocycles. The summed E-state index contributed by atoms with van der Waals surface area (Å²) in [6, 6.07) is 46.2. The molecule has 6 aromatic rings. The number of hydrogen-bond donors (Lipinski definition) is 2. The largest absolute Gasteiger partial charge is 0.487 e. The van der Waals surface area contributed by atoms with Gasteiger partial charge in [-0.05, 0) is 97.1 Å². The highest BCUT2D eigenvalue weighted by molar-refractivity contribution is 9.10. The number of nitrogen functional groups attached to an aromatic ring is 1. The van der Waals surface area contributed by atoms with Gasteiger partial charge in [-0.2, -0.15) is 0 Å². The van der Waals surface area contributed by atoms with Crippen LogP contribution in [0.15, 0.2) is 160 Å². The maximum absolute atomic E-state index is 12.4. The Morgan fingerprint density at radius 1 is 0.661 bits per heavy atom. The Kier molecular flexibility index (Phi) is 18.8. The first kappa shape index (κ1) is 43.4. The average molecular weight is 882 g/mol. The number of halogens is 2. The number of nitrogens with zero attached hydrogens (tertiary/aromatic N) is 1. The normalized spacial score (nSPS) is 11.3. The molecule has 1 amide bonds. The van der Waals surface area contributed by atoms with Gasteiger partial charge in [-0.1, -0.05) is 140 Å². The molecule has 56 heavy (non-hydrogen) atoms. The average Bonchev–Trinajstić information content (AvgIpc) is 3.81. The monoisotopic (exact) mass is 879 g/mol. The van der Waals surface area contributed by atoms with E-state index in [2.05, 4.69) is 42.4 Å². The van der Waals surface area contributed by atoms with Crippen molar-refractivity contribution in [2.75, 3.05) is 24.3 Å². The summed E-state index contributed by atoms with van der Waals surface area (Å²) >= 11 is 6.81. The summed E-state index contributed by atoms with van der Waals surface area (Å²) in [4.78, 5) is 22.3. The molecule has 1 aliphatic rings. The Bertz CT molecular complexity index is 2050. The van der Waals surface area contributed by atoms with E-state index in [1.54, 1.807) is 12.1 Å². The molecule has 0 unspecified atom stereocenters. The van der Waals surface area contributed by atoms with Crippen LogP contribution < -0.4 is 20.5 Å². The van der Waals surface area contributed by atoms with Crippen molar-refractivity contribution >= 4 is 54.8 Å². The minimum atomic E-state index is -0.0727. The number of nitroso groups, excluding NO2 is 1. The zero-order valence-electron chi connectivity index (χ0n) is 31.6. The fourth-order valence-electron chi connectivity index (χ4n) is 5.05. The van der Waals surface area contributed by atoms with E-state index in [-0.39, 0.29) is 5.91 Å². The number of amides is 1. The van der Waals surface area contributed by atoms with Crippen molar-refractivity contribution in [3.8, 4) is 11.5 Å². The van der Waals surface area contributed by atoms with Gasteiger partial charge >= 0.3 is 0 Å². The van der Waals surface area contributed by atoms with E-state index in [9.17, 15) is 9.70 Å². The summed E-state index contributed by atoms with van der Waals surface area (Å²) in [5, 5.41) is 5.72. The number of carbonyl (C=O) groups excluding carboxylic acids is 1. The van der Waals surface area contributed by atoms with Gasteiger partial charge in [-0.25, -0.2) is 0 Å². The van der Waals surface area contributed by atoms with E-state index in [0.29, 0.717) is 48.2 Å². The van der Waals surface area contributed by atoms with Crippen molar-refractivity contribution in [3.63, 3.8) is 0 Å². The third-order valence-electron chi connectivity index (χ3n) is 8.11. The van der Waals surface area contributed by atoms with Crippen molar-refractivity contribution in [2.24, 2.45) is 5.18 Å². The number of nitrogens with two attached hydrogens (primary N) is 1. The third-order valence-corrected chi connectivity index (χ3v) is 9.10. The van der Waals surface area contributed by atoms with Crippen LogP contribution in [-0.2, 0) is 29.2 Å². The van der Waals surface area contributed by atoms with Crippen LogP contribution in [0.3, 0.4) is 0 Å². The molecule has 0 bridgehead atoms. The molecular weight excluding hydrogens is 834 g/mol. The summed E-state index contributed by atoms with van der Waals surface area (Å²) in [5.41, 5.74) is 13.1. The summed E-state index contributed by atoms with van der Waals surface area (Å²) in [6.45, 7) is 6.98. The number of ether oxygens (including phenoxy) is 3. The van der Waals surface area contributed by atoms with Gasteiger partial charge in [-0.3, -0.25) is 4.79 Å². The maximum Gasteiger partial charge on any atom is 0.228 e. The molecule has 0 aromatic heterocycles. The van der Waals surface area contributed by atoms with Crippen molar-refractivity contribution in [2.45, 2.75) is 46.3 Å². The van der Waals surface area contributed by atoms with Crippen LogP contribution in [0.1, 0.15) is 40.7 Å². The summed E-state index contributed by atoms with van der Waals surface area (Å²) in [7, 11) is 0. The first-order chi connectivity index (χ1) is 27.2. The number of benzene rings is 6. The predicted molar refractivity (Wildman–Crippen MR) is 234 cm³/mol. The molecule has 1 heterocycles. The molecule has 0 atom stereocenters. The zero-order valence-corrected chi connectivity index (χ0v) is 34.8. The number of aryl methyl sites for hydroxylation is 2. The van der Waals surface area contributed by atoms with Gasteiger partial charge in [0.05, 0.1) is 17.8 Å². The highest BCUT2D eigenvalue weighted by atomic mass is 79.9. The second-order valence-corrected chi connectivity index (χ2v) is 14.7. The molecule has 8 nitrogen and oxygen atoms in total. The fourth-order valence-corrected chi connectivity index (χ4v) is 5.79. The topological polar surface area (TPSA) is 112 Å². The molecule has 0 spiro atoms. The van der Waals surface area contributed by atoms with Gasteiger partial charge in [0.15, 0.2) is 0 Å². The third kappa shape index (κ3) is 16.6. The number of carbonyl (C=O) groups is 1. The second kappa shape index (κ2) is 24.3. The van der Waals surface area contributed by atoms with Crippen molar-refractivity contribution in [1.82, 2.24) is 0 Å². The highest BCUT2D eigenvalue weighted by Crippen LogP contribution is 2.29. The summed E-state index contributed by atoms with van der Waals surface area (Å²) in [6.07, 6.45) is 2.88. The van der Waals surface area contributed by atoms with E-state index in [4.69, 9.17) is 19.9 Å². The summed E-state index contributed by atoms with van der Waals surface area (Å²) in [5.74, 6) is 1.29. The second-order valence-electron chi connectivity index (χ2n) is 12.8. The number of anilines is 2. The predicted octanol–water partition coefficient (Wildman–Crippen LogP) is 12.3. The Hall–Kier alpha value is -5.29. The Morgan fingerprint density at radius 3 is 1.66 bits per heavy atom. The molecule has 6 aromatic carbocycles. The van der Waals surface area contributed by atoms with Crippen LogP contribution in [0, 0.1) is 18.8 Å². The number of rotatable bonds is 10. The molecule has 10 heteroatoms. The molecule has 0 radical (unpaired) electrons. The Labute approximate surface area is 346 Å². The molecule has 3 N–H and O–H groups in total. The zero-order chi connectivity index (χ0) is 40.0. The molecule has 0 aliphatic carbocycles. The first-order valence-electron chi connectivity index (χ1n) is 18.2. The van der Waals surface area contributed by atoms with Crippen LogP contribution in [0.4, 0.5) is 17.1 Å². The van der Waals surface area contributed by atoms with Crippen LogP contribution in [0.5, 0.6) is 11.5 Å². The van der Waals surface area contributed by atoms with Crippen molar-refractivity contribution < 1.29 is 19.0 Å². The van der Waals surface area contributed by atoms with Gasteiger partial charge in [0.1, 0.15) is 30.4 Å². The van der Waals surface area contributed by atoms with Gasteiger partial charge in [0.25, 0.3) is 0 Å². The van der Waals surface area contributed by atoms with Crippen molar-refractivity contribution in [3.05, 3.63) is 187 Å². The Balaban J connectivity index is 0.000000194. The van der Waals surface area contributed by atoms with Crippen LogP contribution in [0.2, 0.25) is 0 Å². The molecule has 1 fully saturated rings. The molecule has 290 valence electrons. The van der Waals surface area contributed by atoms with E-state index in [1.807, 2.05) is 147 Å².